The van der Waals surface area contributed by atoms with Gasteiger partial charge in [-0.05, 0) is 54.4 Å². The minimum absolute atomic E-state index is 0.0846. The summed E-state index contributed by atoms with van der Waals surface area (Å²) < 4.78 is 11.3. The summed E-state index contributed by atoms with van der Waals surface area (Å²) in [5.41, 5.74) is 5.89. The molecule has 0 saturated carbocycles. The number of anilines is 1. The van der Waals surface area contributed by atoms with Crippen molar-refractivity contribution in [2.24, 2.45) is 5.10 Å². The van der Waals surface area contributed by atoms with E-state index >= 15 is 0 Å². The van der Waals surface area contributed by atoms with Gasteiger partial charge in [0, 0.05) is 35.9 Å². The summed E-state index contributed by atoms with van der Waals surface area (Å²) in [6.07, 6.45) is 1.56. The molecule has 0 fully saturated rings. The molecule has 1 amide bonds. The fraction of sp³-hybridized carbons (Fsp3) is 0.364. The number of aromatic nitrogens is 1. The number of nitrogens with one attached hydrogen (secondary N) is 1. The van der Waals surface area contributed by atoms with Gasteiger partial charge in [0.15, 0.2) is 6.61 Å². The highest BCUT2D eigenvalue weighted by molar-refractivity contribution is 9.10. The number of rotatable bonds is 10. The SMILES string of the molecule is CCN(CC)c1ccc(/C=N/NC(=O)COc2nc(C)c(Br)c(COC)c2C#N)cc1. The molecule has 9 heteroatoms. The van der Waals surface area contributed by atoms with Crippen molar-refractivity contribution >= 4 is 33.7 Å². The number of carbonyl (C=O) groups is 1. The zero-order valence-electron chi connectivity index (χ0n) is 18.1. The maximum atomic E-state index is 12.1. The van der Waals surface area contributed by atoms with Crippen LogP contribution in [0.15, 0.2) is 33.8 Å². The topological polar surface area (TPSA) is 99.8 Å². The number of carbonyl (C=O) groups excluding carboxylic acids is 1. The molecule has 164 valence electrons. The Morgan fingerprint density at radius 3 is 2.58 bits per heavy atom. The number of nitrogens with zero attached hydrogens (tertiary/aromatic N) is 4. The highest BCUT2D eigenvalue weighted by Crippen LogP contribution is 2.29. The number of ether oxygens (including phenoxy) is 2. The van der Waals surface area contributed by atoms with Crippen molar-refractivity contribution < 1.29 is 14.3 Å². The molecule has 0 radical (unpaired) electrons. The van der Waals surface area contributed by atoms with Gasteiger partial charge in [-0.2, -0.15) is 10.4 Å². The van der Waals surface area contributed by atoms with Gasteiger partial charge in [-0.3, -0.25) is 4.79 Å². The number of benzene rings is 1. The maximum absolute atomic E-state index is 12.1. The van der Waals surface area contributed by atoms with Crippen LogP contribution >= 0.6 is 15.9 Å². The molecule has 2 aromatic rings. The van der Waals surface area contributed by atoms with Crippen molar-refractivity contribution in [3.05, 3.63) is 51.1 Å². The van der Waals surface area contributed by atoms with E-state index in [1.165, 1.54) is 7.11 Å². The quantitative estimate of drug-likeness (QED) is 0.406. The maximum Gasteiger partial charge on any atom is 0.278 e. The number of aryl methyl sites for hydroxylation is 1. The number of hydrogen-bond acceptors (Lipinski definition) is 7. The molecule has 8 nitrogen and oxygen atoms in total. The predicted molar refractivity (Wildman–Crippen MR) is 123 cm³/mol. The number of hydrogen-bond donors (Lipinski definition) is 1. The monoisotopic (exact) mass is 487 g/mol. The molecule has 1 N–H and O–H groups in total. The number of pyridine rings is 1. The first kappa shape index (κ1) is 24.3. The lowest BCUT2D eigenvalue weighted by molar-refractivity contribution is -0.123. The molecule has 0 unspecified atom stereocenters. The summed E-state index contributed by atoms with van der Waals surface area (Å²) in [7, 11) is 1.53. The fourth-order valence-corrected chi connectivity index (χ4v) is 3.32. The molecule has 0 aliphatic rings. The molecule has 0 spiro atoms. The second-order valence-electron chi connectivity index (χ2n) is 6.56. The third-order valence-electron chi connectivity index (χ3n) is 4.53. The summed E-state index contributed by atoms with van der Waals surface area (Å²) in [4.78, 5) is 18.6. The van der Waals surface area contributed by atoms with E-state index in [0.717, 1.165) is 24.3 Å². The Balaban J connectivity index is 1.98. The zero-order chi connectivity index (χ0) is 22.8. The molecule has 2 rings (SSSR count). The van der Waals surface area contributed by atoms with Gasteiger partial charge in [0.05, 0.1) is 18.5 Å². The van der Waals surface area contributed by atoms with Crippen LogP contribution in [0.2, 0.25) is 0 Å². The Labute approximate surface area is 191 Å². The number of halogens is 1. The lowest BCUT2D eigenvalue weighted by Crippen LogP contribution is -2.25. The fourth-order valence-electron chi connectivity index (χ4n) is 2.92. The van der Waals surface area contributed by atoms with Crippen LogP contribution in [-0.2, 0) is 16.1 Å². The van der Waals surface area contributed by atoms with Crippen LogP contribution in [0.4, 0.5) is 5.69 Å². The van der Waals surface area contributed by atoms with Crippen molar-refractivity contribution in [1.82, 2.24) is 10.4 Å². The number of amides is 1. The number of hydrazone groups is 1. The van der Waals surface area contributed by atoms with Gasteiger partial charge in [0.1, 0.15) is 11.6 Å². The van der Waals surface area contributed by atoms with E-state index in [-0.39, 0.29) is 24.7 Å². The molecule has 0 atom stereocenters. The largest absolute Gasteiger partial charge is 0.467 e. The van der Waals surface area contributed by atoms with Crippen LogP contribution in [0.3, 0.4) is 0 Å². The first-order valence-corrected chi connectivity index (χ1v) is 10.6. The van der Waals surface area contributed by atoms with Crippen LogP contribution in [0, 0.1) is 18.3 Å². The van der Waals surface area contributed by atoms with E-state index in [1.54, 1.807) is 13.1 Å². The van der Waals surface area contributed by atoms with E-state index < -0.39 is 5.91 Å². The van der Waals surface area contributed by atoms with Crippen LogP contribution < -0.4 is 15.1 Å². The molecular weight excluding hydrogens is 462 g/mol. The summed E-state index contributed by atoms with van der Waals surface area (Å²) in [6, 6.07) is 9.97. The first-order valence-electron chi connectivity index (χ1n) is 9.82. The standard InChI is InChI=1S/C22H26BrN5O3/c1-5-28(6-2)17-9-7-16(8-10-17)12-25-27-20(29)14-31-22-18(11-24)19(13-30-4)21(23)15(3)26-22/h7-10,12H,5-6,13-14H2,1-4H3,(H,27,29)/b25-12+. The van der Waals surface area contributed by atoms with Gasteiger partial charge in [0.25, 0.3) is 5.91 Å². The molecule has 0 aliphatic carbocycles. The van der Waals surface area contributed by atoms with Crippen molar-refractivity contribution in [3.8, 4) is 11.9 Å². The molecule has 1 heterocycles. The third kappa shape index (κ3) is 6.51. The van der Waals surface area contributed by atoms with Gasteiger partial charge >= 0.3 is 0 Å². The predicted octanol–water partition coefficient (Wildman–Crippen LogP) is 3.55. The Morgan fingerprint density at radius 1 is 1.32 bits per heavy atom. The highest BCUT2D eigenvalue weighted by Gasteiger charge is 2.18. The van der Waals surface area contributed by atoms with Gasteiger partial charge in [-0.25, -0.2) is 10.4 Å². The lowest BCUT2D eigenvalue weighted by Gasteiger charge is -2.20. The summed E-state index contributed by atoms with van der Waals surface area (Å²) in [6.45, 7) is 7.76. The normalized spacial score (nSPS) is 10.7. The lowest BCUT2D eigenvalue weighted by atomic mass is 10.1. The molecule has 1 aromatic heterocycles. The molecule has 1 aromatic carbocycles. The Bertz CT molecular complexity index is 967. The minimum atomic E-state index is -0.462. The third-order valence-corrected chi connectivity index (χ3v) is 5.58. The van der Waals surface area contributed by atoms with Crippen molar-refractivity contribution in [3.63, 3.8) is 0 Å². The van der Waals surface area contributed by atoms with Gasteiger partial charge in [0.2, 0.25) is 5.88 Å². The van der Waals surface area contributed by atoms with Gasteiger partial charge in [-0.15, -0.1) is 0 Å². The second kappa shape index (κ2) is 12.0. The van der Waals surface area contributed by atoms with Crippen LogP contribution in [-0.4, -0.2) is 43.9 Å². The summed E-state index contributed by atoms with van der Waals surface area (Å²) in [5.74, 6) is -0.378. The zero-order valence-corrected chi connectivity index (χ0v) is 19.7. The van der Waals surface area contributed by atoms with Crippen molar-refractivity contribution in [1.29, 1.82) is 5.26 Å². The molecule has 31 heavy (non-hydrogen) atoms. The van der Waals surface area contributed by atoms with Crippen LogP contribution in [0.5, 0.6) is 5.88 Å². The summed E-state index contributed by atoms with van der Waals surface area (Å²) in [5, 5.41) is 13.4. The van der Waals surface area contributed by atoms with Crippen LogP contribution in [0.25, 0.3) is 0 Å². The van der Waals surface area contributed by atoms with E-state index in [2.05, 4.69) is 56.3 Å². The van der Waals surface area contributed by atoms with Crippen LogP contribution in [0.1, 0.15) is 36.2 Å². The molecule has 0 aliphatic heterocycles. The Morgan fingerprint density at radius 2 is 2.00 bits per heavy atom. The number of methoxy groups -OCH3 is 1. The highest BCUT2D eigenvalue weighted by atomic mass is 79.9. The second-order valence-corrected chi connectivity index (χ2v) is 7.35. The Kier molecular flexibility index (Phi) is 9.43. The van der Waals surface area contributed by atoms with Gasteiger partial charge < -0.3 is 14.4 Å². The van der Waals surface area contributed by atoms with Gasteiger partial charge in [-0.1, -0.05) is 12.1 Å². The van der Waals surface area contributed by atoms with Crippen molar-refractivity contribution in [2.45, 2.75) is 27.4 Å². The van der Waals surface area contributed by atoms with E-state index in [4.69, 9.17) is 9.47 Å². The molecule has 0 saturated heterocycles. The van der Waals surface area contributed by atoms with E-state index in [1.807, 2.05) is 24.3 Å². The Hall–Kier alpha value is -2.96. The number of nitriles is 1. The molecule has 0 bridgehead atoms. The van der Waals surface area contributed by atoms with E-state index in [9.17, 15) is 10.1 Å². The first-order chi connectivity index (χ1) is 14.9. The smallest absolute Gasteiger partial charge is 0.278 e. The minimum Gasteiger partial charge on any atom is -0.467 e. The average molecular weight is 488 g/mol. The van der Waals surface area contributed by atoms with E-state index in [0.29, 0.717) is 15.7 Å². The average Bonchev–Trinajstić information content (AvgIpc) is 2.77. The van der Waals surface area contributed by atoms with Crippen molar-refractivity contribution in [2.75, 3.05) is 31.7 Å². The summed E-state index contributed by atoms with van der Waals surface area (Å²) >= 11 is 3.41. The molecular formula is C22H26BrN5O3.